The maximum absolute atomic E-state index is 5.60. The first-order valence-corrected chi connectivity index (χ1v) is 8.48. The highest BCUT2D eigenvalue weighted by molar-refractivity contribution is 14.0. The van der Waals surface area contributed by atoms with Gasteiger partial charge >= 0.3 is 0 Å². The topological polar surface area (TPSA) is 71.0 Å². The van der Waals surface area contributed by atoms with Crippen molar-refractivity contribution in [2.45, 2.75) is 13.3 Å². The van der Waals surface area contributed by atoms with Crippen LogP contribution in [0.15, 0.2) is 29.5 Å². The number of nitrogens with zero attached hydrogens (tertiary/aromatic N) is 3. The van der Waals surface area contributed by atoms with Gasteiger partial charge in [-0.1, -0.05) is 0 Å². The molecule has 8 heteroatoms. The molecule has 0 aliphatic heterocycles. The number of pyridine rings is 1. The highest BCUT2D eigenvalue weighted by atomic mass is 127. The average molecular weight is 465 g/mol. The second kappa shape index (κ2) is 16.3. The van der Waals surface area contributed by atoms with Crippen LogP contribution >= 0.6 is 24.0 Å². The van der Waals surface area contributed by atoms with Crippen LogP contribution in [0.25, 0.3) is 0 Å². The molecule has 2 N–H and O–H groups in total. The molecule has 7 nitrogen and oxygen atoms in total. The zero-order chi connectivity index (χ0) is 17.5. The number of aromatic nitrogens is 1. The second-order valence-electron chi connectivity index (χ2n) is 5.37. The third-order valence-electron chi connectivity index (χ3n) is 3.28. The SMILES string of the molecule is CCNC(=NCCN(C)CCCOC)NCCOc1cccnc1.I. The standard InChI is InChI=1S/C17H31N5O2.HI/c1-4-19-17(20-9-12-22(2)11-6-13-23-3)21-10-14-24-16-7-5-8-18-15-16;/h5,7-8,15H,4,6,9-14H2,1-3H3,(H2,19,20,21);1H. The fourth-order valence-electron chi connectivity index (χ4n) is 2.04. The number of nitrogens with one attached hydrogen (secondary N) is 2. The van der Waals surface area contributed by atoms with E-state index in [1.165, 1.54) is 0 Å². The Hall–Kier alpha value is -1.13. The molecule has 1 aromatic rings. The number of hydrogen-bond acceptors (Lipinski definition) is 5. The van der Waals surface area contributed by atoms with Crippen molar-refractivity contribution < 1.29 is 9.47 Å². The molecule has 0 aromatic carbocycles. The van der Waals surface area contributed by atoms with Crippen molar-refractivity contribution in [1.82, 2.24) is 20.5 Å². The van der Waals surface area contributed by atoms with Crippen molar-refractivity contribution in [1.29, 1.82) is 0 Å². The Labute approximate surface area is 168 Å². The second-order valence-corrected chi connectivity index (χ2v) is 5.37. The fraction of sp³-hybridized carbons (Fsp3) is 0.647. The van der Waals surface area contributed by atoms with Crippen LogP contribution in [-0.4, -0.2) is 75.9 Å². The molecule has 0 atom stereocenters. The minimum Gasteiger partial charge on any atom is -0.490 e. The van der Waals surface area contributed by atoms with Crippen LogP contribution in [0, 0.1) is 0 Å². The van der Waals surface area contributed by atoms with E-state index in [-0.39, 0.29) is 24.0 Å². The summed E-state index contributed by atoms with van der Waals surface area (Å²) in [6.07, 6.45) is 4.48. The predicted molar refractivity (Wildman–Crippen MR) is 113 cm³/mol. The van der Waals surface area contributed by atoms with Gasteiger partial charge in [0.1, 0.15) is 12.4 Å². The molecule has 0 aliphatic rings. The molecule has 0 unspecified atom stereocenters. The molecule has 0 amide bonds. The number of guanidine groups is 1. The summed E-state index contributed by atoms with van der Waals surface area (Å²) >= 11 is 0. The third-order valence-corrected chi connectivity index (χ3v) is 3.28. The van der Waals surface area contributed by atoms with E-state index in [0.29, 0.717) is 13.2 Å². The van der Waals surface area contributed by atoms with E-state index >= 15 is 0 Å². The lowest BCUT2D eigenvalue weighted by molar-refractivity contribution is 0.180. The zero-order valence-electron chi connectivity index (χ0n) is 15.5. The number of rotatable bonds is 12. The van der Waals surface area contributed by atoms with Gasteiger partial charge in [-0.25, -0.2) is 0 Å². The van der Waals surface area contributed by atoms with Crippen molar-refractivity contribution >= 4 is 29.9 Å². The molecule has 0 spiro atoms. The predicted octanol–water partition coefficient (Wildman–Crippen LogP) is 1.60. The molecule has 0 radical (unpaired) electrons. The molecule has 0 saturated heterocycles. The highest BCUT2D eigenvalue weighted by Gasteiger charge is 2.00. The minimum absolute atomic E-state index is 0. The smallest absolute Gasteiger partial charge is 0.191 e. The van der Waals surface area contributed by atoms with Gasteiger partial charge in [0.25, 0.3) is 0 Å². The summed E-state index contributed by atoms with van der Waals surface area (Å²) in [7, 11) is 3.84. The van der Waals surface area contributed by atoms with Crippen molar-refractivity contribution in [2.75, 3.05) is 60.1 Å². The van der Waals surface area contributed by atoms with Gasteiger partial charge in [-0.2, -0.15) is 0 Å². The van der Waals surface area contributed by atoms with Gasteiger partial charge in [0.2, 0.25) is 0 Å². The Morgan fingerprint density at radius 1 is 1.28 bits per heavy atom. The van der Waals surface area contributed by atoms with E-state index in [1.54, 1.807) is 19.5 Å². The number of methoxy groups -OCH3 is 1. The summed E-state index contributed by atoms with van der Waals surface area (Å²) < 4.78 is 10.7. The summed E-state index contributed by atoms with van der Waals surface area (Å²) in [6, 6.07) is 3.75. The highest BCUT2D eigenvalue weighted by Crippen LogP contribution is 2.04. The van der Waals surface area contributed by atoms with Crippen LogP contribution in [0.4, 0.5) is 0 Å². The van der Waals surface area contributed by atoms with E-state index in [9.17, 15) is 0 Å². The maximum atomic E-state index is 5.60. The monoisotopic (exact) mass is 465 g/mol. The van der Waals surface area contributed by atoms with Crippen LogP contribution in [0.1, 0.15) is 13.3 Å². The number of halogens is 1. The Balaban J connectivity index is 0.00000576. The van der Waals surface area contributed by atoms with Crippen molar-refractivity contribution in [2.24, 2.45) is 4.99 Å². The molecule has 1 heterocycles. The summed E-state index contributed by atoms with van der Waals surface area (Å²) in [5.74, 6) is 1.59. The Morgan fingerprint density at radius 3 is 2.80 bits per heavy atom. The Morgan fingerprint density at radius 2 is 2.12 bits per heavy atom. The van der Waals surface area contributed by atoms with Crippen LogP contribution in [0.5, 0.6) is 5.75 Å². The van der Waals surface area contributed by atoms with Crippen LogP contribution in [0.2, 0.25) is 0 Å². The first-order chi connectivity index (χ1) is 11.8. The minimum atomic E-state index is 0. The van der Waals surface area contributed by atoms with E-state index in [1.807, 2.05) is 12.1 Å². The lowest BCUT2D eigenvalue weighted by Gasteiger charge is -2.16. The number of aliphatic imine (C=N–C) groups is 1. The van der Waals surface area contributed by atoms with Gasteiger partial charge < -0.3 is 25.0 Å². The van der Waals surface area contributed by atoms with Crippen LogP contribution in [0.3, 0.4) is 0 Å². The lowest BCUT2D eigenvalue weighted by atomic mass is 10.4. The lowest BCUT2D eigenvalue weighted by Crippen LogP contribution is -2.39. The largest absolute Gasteiger partial charge is 0.490 e. The summed E-state index contributed by atoms with van der Waals surface area (Å²) in [5, 5.41) is 6.51. The van der Waals surface area contributed by atoms with E-state index in [4.69, 9.17) is 9.47 Å². The Kier molecular flexibility index (Phi) is 15.6. The maximum Gasteiger partial charge on any atom is 0.191 e. The van der Waals surface area contributed by atoms with Crippen LogP contribution in [-0.2, 0) is 4.74 Å². The van der Waals surface area contributed by atoms with Crippen LogP contribution < -0.4 is 15.4 Å². The van der Waals surface area contributed by atoms with Gasteiger partial charge in [-0.15, -0.1) is 24.0 Å². The van der Waals surface area contributed by atoms with E-state index in [0.717, 1.165) is 50.9 Å². The van der Waals surface area contributed by atoms with Gasteiger partial charge in [0, 0.05) is 39.5 Å². The molecule has 144 valence electrons. The van der Waals surface area contributed by atoms with Crippen molar-refractivity contribution in [3.8, 4) is 5.75 Å². The molecular weight excluding hydrogens is 433 g/mol. The normalized spacial score (nSPS) is 11.1. The van der Waals surface area contributed by atoms with Gasteiger partial charge in [0.15, 0.2) is 5.96 Å². The van der Waals surface area contributed by atoms with E-state index in [2.05, 4.69) is 39.5 Å². The molecule has 25 heavy (non-hydrogen) atoms. The molecule has 0 fully saturated rings. The summed E-state index contributed by atoms with van der Waals surface area (Å²) in [5.41, 5.74) is 0. The molecule has 0 aliphatic carbocycles. The molecule has 0 bridgehead atoms. The number of likely N-dealkylation sites (N-methyl/N-ethyl adjacent to an activating group) is 1. The van der Waals surface area contributed by atoms with Gasteiger partial charge in [-0.3, -0.25) is 9.98 Å². The number of hydrogen-bond donors (Lipinski definition) is 2. The summed E-state index contributed by atoms with van der Waals surface area (Å²) in [6.45, 7) is 7.63. The molecule has 1 rings (SSSR count). The Bertz CT molecular complexity index is 448. The van der Waals surface area contributed by atoms with Crippen molar-refractivity contribution in [3.63, 3.8) is 0 Å². The molecular formula is C17H32IN5O2. The van der Waals surface area contributed by atoms with Gasteiger partial charge in [0.05, 0.1) is 19.3 Å². The first kappa shape index (κ1) is 23.9. The fourth-order valence-corrected chi connectivity index (χ4v) is 2.04. The quantitative estimate of drug-likeness (QED) is 0.212. The van der Waals surface area contributed by atoms with Crippen molar-refractivity contribution in [3.05, 3.63) is 24.5 Å². The van der Waals surface area contributed by atoms with Gasteiger partial charge in [-0.05, 0) is 32.5 Å². The third kappa shape index (κ3) is 12.8. The molecule has 0 saturated carbocycles. The zero-order valence-corrected chi connectivity index (χ0v) is 17.9. The summed E-state index contributed by atoms with van der Waals surface area (Å²) in [4.78, 5) is 10.9. The number of ether oxygens (including phenoxy) is 2. The molecule has 1 aromatic heterocycles. The first-order valence-electron chi connectivity index (χ1n) is 8.48. The van der Waals surface area contributed by atoms with E-state index < -0.39 is 0 Å². The average Bonchev–Trinajstić information content (AvgIpc) is 2.60.